The van der Waals surface area contributed by atoms with Gasteiger partial charge in [0.15, 0.2) is 0 Å². The van der Waals surface area contributed by atoms with Gasteiger partial charge in [-0.2, -0.15) is 0 Å². The number of hydrogen-bond donors (Lipinski definition) is 1. The van der Waals surface area contributed by atoms with Crippen molar-refractivity contribution in [3.8, 4) is 6.01 Å². The molecule has 0 saturated carbocycles. The Kier molecular flexibility index (Phi) is 2.83. The van der Waals surface area contributed by atoms with Gasteiger partial charge in [0.05, 0.1) is 0 Å². The van der Waals surface area contributed by atoms with Gasteiger partial charge in [0.25, 0.3) is 0 Å². The number of rotatable bonds is 3. The summed E-state index contributed by atoms with van der Waals surface area (Å²) >= 11 is 0. The molecule has 13 heavy (non-hydrogen) atoms. The average molecular weight is 181 g/mol. The Bertz CT molecular complexity index is 280. The lowest BCUT2D eigenvalue weighted by Crippen LogP contribution is -2.39. The maximum Gasteiger partial charge on any atom is 0.316 e. The Morgan fingerprint density at radius 3 is 2.77 bits per heavy atom. The molecule has 2 N–H and O–H groups in total. The second-order valence-electron chi connectivity index (χ2n) is 3.76. The Labute approximate surface area is 78.1 Å². The largest absolute Gasteiger partial charge is 0.462 e. The van der Waals surface area contributed by atoms with E-state index in [1.54, 1.807) is 6.20 Å². The second-order valence-corrected chi connectivity index (χ2v) is 3.76. The predicted octanol–water partition coefficient (Wildman–Crippen LogP) is 0.901. The molecule has 4 heteroatoms. The molecule has 0 atom stereocenters. The number of nitrogens with zero attached hydrogens (tertiary/aromatic N) is 2. The molecule has 0 aromatic carbocycles. The smallest absolute Gasteiger partial charge is 0.316 e. The van der Waals surface area contributed by atoms with Crippen molar-refractivity contribution in [3.05, 3.63) is 18.0 Å². The van der Waals surface area contributed by atoms with Crippen LogP contribution in [0.15, 0.2) is 12.3 Å². The average Bonchev–Trinajstić information content (AvgIpc) is 2.00. The summed E-state index contributed by atoms with van der Waals surface area (Å²) in [6.07, 6.45) is 1.67. The summed E-state index contributed by atoms with van der Waals surface area (Å²) in [4.78, 5) is 8.04. The number of hydrogen-bond acceptors (Lipinski definition) is 4. The van der Waals surface area contributed by atoms with Crippen molar-refractivity contribution in [2.24, 2.45) is 5.73 Å². The topological polar surface area (TPSA) is 61.0 Å². The molecule has 1 aromatic heterocycles. The van der Waals surface area contributed by atoms with E-state index in [0.29, 0.717) is 12.6 Å². The first-order chi connectivity index (χ1) is 5.97. The van der Waals surface area contributed by atoms with Crippen LogP contribution in [0.2, 0.25) is 0 Å². The lowest BCUT2D eigenvalue weighted by atomic mass is 10.1. The third kappa shape index (κ3) is 3.85. The fourth-order valence-electron chi connectivity index (χ4n) is 0.746. The molecular weight excluding hydrogens is 166 g/mol. The van der Waals surface area contributed by atoms with Crippen LogP contribution >= 0.6 is 0 Å². The summed E-state index contributed by atoms with van der Waals surface area (Å²) < 4.78 is 5.30. The molecule has 0 aliphatic heterocycles. The highest BCUT2D eigenvalue weighted by Crippen LogP contribution is 2.04. The van der Waals surface area contributed by atoms with Crippen LogP contribution in [0.3, 0.4) is 0 Å². The van der Waals surface area contributed by atoms with Crippen LogP contribution in [0.5, 0.6) is 6.01 Å². The van der Waals surface area contributed by atoms with Gasteiger partial charge >= 0.3 is 6.01 Å². The maximum atomic E-state index is 5.74. The summed E-state index contributed by atoms with van der Waals surface area (Å²) in [5, 5.41) is 0. The molecule has 0 radical (unpaired) electrons. The normalized spacial score (nSPS) is 11.4. The molecule has 1 heterocycles. The number of ether oxygens (including phenoxy) is 1. The van der Waals surface area contributed by atoms with Gasteiger partial charge in [0.2, 0.25) is 0 Å². The van der Waals surface area contributed by atoms with Crippen LogP contribution in [-0.4, -0.2) is 22.1 Å². The van der Waals surface area contributed by atoms with E-state index < -0.39 is 0 Å². The summed E-state index contributed by atoms with van der Waals surface area (Å²) in [5.74, 6) is 0. The van der Waals surface area contributed by atoms with Crippen LogP contribution in [0.25, 0.3) is 0 Å². The number of aryl methyl sites for hydroxylation is 1. The quantitative estimate of drug-likeness (QED) is 0.752. The predicted molar refractivity (Wildman–Crippen MR) is 50.5 cm³/mol. The minimum atomic E-state index is -0.354. The molecular formula is C9H15N3O. The zero-order valence-electron chi connectivity index (χ0n) is 8.24. The highest BCUT2D eigenvalue weighted by molar-refractivity contribution is 5.03. The highest BCUT2D eigenvalue weighted by Gasteiger charge is 2.12. The van der Waals surface area contributed by atoms with E-state index in [2.05, 4.69) is 9.97 Å². The molecule has 0 amide bonds. The Morgan fingerprint density at radius 1 is 1.54 bits per heavy atom. The minimum Gasteiger partial charge on any atom is -0.462 e. The molecule has 0 saturated heterocycles. The first-order valence-corrected chi connectivity index (χ1v) is 4.19. The van der Waals surface area contributed by atoms with E-state index >= 15 is 0 Å². The standard InChI is InChI=1S/C9H15N3O/c1-7-4-5-11-8(12-7)13-6-9(2,3)10/h4-5H,6,10H2,1-3H3. The van der Waals surface area contributed by atoms with Crippen molar-refractivity contribution in [1.29, 1.82) is 0 Å². The number of aromatic nitrogens is 2. The van der Waals surface area contributed by atoms with Crippen LogP contribution in [0.4, 0.5) is 0 Å². The van der Waals surface area contributed by atoms with E-state index in [1.807, 2.05) is 26.8 Å². The molecule has 0 unspecified atom stereocenters. The zero-order valence-corrected chi connectivity index (χ0v) is 8.24. The van der Waals surface area contributed by atoms with E-state index in [-0.39, 0.29) is 5.54 Å². The third-order valence-corrected chi connectivity index (χ3v) is 1.35. The Morgan fingerprint density at radius 2 is 2.23 bits per heavy atom. The Hall–Kier alpha value is -1.16. The number of nitrogens with two attached hydrogens (primary N) is 1. The SMILES string of the molecule is Cc1ccnc(OCC(C)(C)N)n1. The molecule has 72 valence electrons. The van der Waals surface area contributed by atoms with E-state index in [4.69, 9.17) is 10.5 Å². The molecule has 0 fully saturated rings. The molecule has 0 aliphatic carbocycles. The van der Waals surface area contributed by atoms with Crippen molar-refractivity contribution >= 4 is 0 Å². The molecule has 1 aromatic rings. The van der Waals surface area contributed by atoms with E-state index in [9.17, 15) is 0 Å². The molecule has 0 aliphatic rings. The molecule has 1 rings (SSSR count). The third-order valence-electron chi connectivity index (χ3n) is 1.35. The highest BCUT2D eigenvalue weighted by atomic mass is 16.5. The minimum absolute atomic E-state index is 0.354. The van der Waals surface area contributed by atoms with Gasteiger partial charge in [-0.1, -0.05) is 0 Å². The summed E-state index contributed by atoms with van der Waals surface area (Å²) in [6, 6.07) is 2.21. The maximum absolute atomic E-state index is 5.74. The summed E-state index contributed by atoms with van der Waals surface area (Å²) in [7, 11) is 0. The van der Waals surface area contributed by atoms with E-state index in [0.717, 1.165) is 5.69 Å². The van der Waals surface area contributed by atoms with Gasteiger partial charge in [-0.25, -0.2) is 9.97 Å². The van der Waals surface area contributed by atoms with Gasteiger partial charge in [0.1, 0.15) is 6.61 Å². The first-order valence-electron chi connectivity index (χ1n) is 4.19. The summed E-state index contributed by atoms with van der Waals surface area (Å²) in [5.41, 5.74) is 6.28. The van der Waals surface area contributed by atoms with Gasteiger partial charge in [-0.3, -0.25) is 0 Å². The van der Waals surface area contributed by atoms with Gasteiger partial charge in [-0.15, -0.1) is 0 Å². The fourth-order valence-corrected chi connectivity index (χ4v) is 0.746. The fraction of sp³-hybridized carbons (Fsp3) is 0.556. The van der Waals surface area contributed by atoms with Gasteiger partial charge < -0.3 is 10.5 Å². The van der Waals surface area contributed by atoms with Crippen molar-refractivity contribution in [2.45, 2.75) is 26.3 Å². The lowest BCUT2D eigenvalue weighted by molar-refractivity contribution is 0.226. The van der Waals surface area contributed by atoms with Crippen molar-refractivity contribution in [3.63, 3.8) is 0 Å². The van der Waals surface area contributed by atoms with Crippen LogP contribution in [-0.2, 0) is 0 Å². The van der Waals surface area contributed by atoms with E-state index in [1.165, 1.54) is 0 Å². The monoisotopic (exact) mass is 181 g/mol. The Balaban J connectivity index is 2.55. The van der Waals surface area contributed by atoms with Crippen molar-refractivity contribution in [2.75, 3.05) is 6.61 Å². The molecule has 4 nitrogen and oxygen atoms in total. The van der Waals surface area contributed by atoms with Crippen LogP contribution < -0.4 is 10.5 Å². The van der Waals surface area contributed by atoms with Crippen molar-refractivity contribution in [1.82, 2.24) is 9.97 Å². The van der Waals surface area contributed by atoms with Crippen LogP contribution in [0.1, 0.15) is 19.5 Å². The summed E-state index contributed by atoms with van der Waals surface area (Å²) in [6.45, 7) is 6.09. The van der Waals surface area contributed by atoms with Crippen LogP contribution in [0, 0.1) is 6.92 Å². The van der Waals surface area contributed by atoms with Gasteiger partial charge in [-0.05, 0) is 26.8 Å². The van der Waals surface area contributed by atoms with Gasteiger partial charge in [0, 0.05) is 17.4 Å². The molecule has 0 spiro atoms. The molecule has 0 bridgehead atoms. The first kappa shape index (κ1) is 9.92. The van der Waals surface area contributed by atoms with Crippen molar-refractivity contribution < 1.29 is 4.74 Å². The second kappa shape index (κ2) is 3.70. The lowest BCUT2D eigenvalue weighted by Gasteiger charge is -2.17. The zero-order chi connectivity index (χ0) is 9.90.